The third kappa shape index (κ3) is 1.06. The van der Waals surface area contributed by atoms with Crippen LogP contribution in [-0.2, 0) is 0 Å². The highest BCUT2D eigenvalue weighted by atomic mass is 15.1. The van der Waals surface area contributed by atoms with Crippen LogP contribution in [0.4, 0.5) is 0 Å². The van der Waals surface area contributed by atoms with Crippen molar-refractivity contribution in [3.8, 4) is 0 Å². The Morgan fingerprint density at radius 1 is 0.742 bits per heavy atom. The molecule has 0 aromatic carbocycles. The zero-order valence-corrected chi connectivity index (χ0v) is 23.0. The van der Waals surface area contributed by atoms with Gasteiger partial charge >= 0.3 is 0 Å². The molecule has 0 aliphatic heterocycles. The minimum Gasteiger partial charge on any atom is -0.0625 e. The van der Waals surface area contributed by atoms with Crippen LogP contribution in [0.2, 0.25) is 0 Å². The number of fused-ring (bicyclic) bond motifs is 1. The van der Waals surface area contributed by atoms with Crippen LogP contribution in [0.1, 0.15) is 103 Å². The Morgan fingerprint density at radius 3 is 1.87 bits per heavy atom. The van der Waals surface area contributed by atoms with E-state index >= 15 is 0 Å². The second-order valence-corrected chi connectivity index (χ2v) is 16.6. The quantitative estimate of drug-likeness (QED) is 0.398. The largest absolute Gasteiger partial charge is 0.0625 e. The molecule has 10 saturated carbocycles. The van der Waals surface area contributed by atoms with E-state index in [9.17, 15) is 0 Å². The van der Waals surface area contributed by atoms with Crippen molar-refractivity contribution in [3.63, 3.8) is 0 Å². The molecule has 0 N–H and O–H groups in total. The van der Waals surface area contributed by atoms with Gasteiger partial charge in [-0.15, -0.1) is 0 Å². The van der Waals surface area contributed by atoms with Crippen molar-refractivity contribution in [1.29, 1.82) is 0 Å². The van der Waals surface area contributed by atoms with E-state index in [1.54, 1.807) is 6.42 Å². The Morgan fingerprint density at radius 2 is 1.32 bits per heavy atom. The smallest absolute Gasteiger partial charge is 0.0111 e. The van der Waals surface area contributed by atoms with Crippen LogP contribution in [0, 0.1) is 90.2 Å². The molecule has 0 heteroatoms. The summed E-state index contributed by atoms with van der Waals surface area (Å²) in [6, 6.07) is 0. The average molecular weight is 423 g/mol. The van der Waals surface area contributed by atoms with Crippen LogP contribution in [0.3, 0.4) is 0 Å². The maximum atomic E-state index is 2.87. The molecule has 0 radical (unpaired) electrons. The molecule has 10 aliphatic rings. The molecule has 14 atom stereocenters. The monoisotopic (exact) mass is 422 g/mol. The average Bonchev–Trinajstić information content (AvgIpc) is 2.98. The van der Waals surface area contributed by atoms with E-state index in [0.29, 0.717) is 48.7 Å². The first-order valence-electron chi connectivity index (χ1n) is 14.0. The minimum atomic E-state index is 0.442. The predicted octanol–water partition coefficient (Wildman–Crippen LogP) is 8.31. The lowest BCUT2D eigenvalue weighted by Gasteiger charge is -3.00. The lowest BCUT2D eigenvalue weighted by atomic mass is 9.03. The molecular weight excluding hydrogens is 372 g/mol. The predicted molar refractivity (Wildman–Crippen MR) is 129 cm³/mol. The zero-order chi connectivity index (χ0) is 23.0. The van der Waals surface area contributed by atoms with Gasteiger partial charge in [-0.25, -0.2) is 0 Å². The maximum Gasteiger partial charge on any atom is -0.0111 e. The number of hydrogen-bond donors (Lipinski definition) is 0. The van der Waals surface area contributed by atoms with Crippen LogP contribution in [0.5, 0.6) is 0 Å². The standard InChI is InChI=1S/C31H50/c1-16(2)20-14-24(8)18(4)26(10)21(20)22-27(26,11)29(13)28(12)23(6,7)17(3)31(28)19(5)30(22,29)15-25(24,31)9/h16-22H,14-15H2,1-13H3. The first-order chi connectivity index (χ1) is 14.0. The number of rotatable bonds is 1. The molecule has 0 aromatic heterocycles. The fraction of sp³-hybridized carbons (Fsp3) is 1.00. The van der Waals surface area contributed by atoms with E-state index in [1.165, 1.54) is 6.42 Å². The van der Waals surface area contributed by atoms with Gasteiger partial charge in [0.1, 0.15) is 0 Å². The molecule has 10 rings (SSSR count). The molecule has 0 saturated heterocycles. The van der Waals surface area contributed by atoms with Gasteiger partial charge in [0.05, 0.1) is 0 Å². The van der Waals surface area contributed by atoms with Crippen molar-refractivity contribution >= 4 is 0 Å². The highest BCUT2D eigenvalue weighted by molar-refractivity contribution is 5.55. The van der Waals surface area contributed by atoms with Crippen molar-refractivity contribution in [2.24, 2.45) is 90.2 Å². The SMILES string of the molecule is CC(C)C1CC2(C)C(C)C3(C)C1C1C45CC2(C)C2(C(C)C(C)(C)C2(C)C4(C)C13C)C5C. The topological polar surface area (TPSA) is 0 Å². The van der Waals surface area contributed by atoms with Gasteiger partial charge in [-0.1, -0.05) is 90.0 Å². The highest BCUT2D eigenvalue weighted by Gasteiger charge is 3.09. The molecule has 0 heterocycles. The molecular formula is C31H50. The van der Waals surface area contributed by atoms with Crippen molar-refractivity contribution in [3.05, 3.63) is 0 Å². The third-order valence-corrected chi connectivity index (χ3v) is 18.3. The van der Waals surface area contributed by atoms with Crippen LogP contribution >= 0.6 is 0 Å². The molecule has 0 amide bonds. The van der Waals surface area contributed by atoms with Crippen molar-refractivity contribution in [2.45, 2.75) is 103 Å². The van der Waals surface area contributed by atoms with Crippen LogP contribution in [0.25, 0.3) is 0 Å². The molecule has 14 unspecified atom stereocenters. The molecule has 0 aromatic rings. The molecule has 2 spiro atoms. The van der Waals surface area contributed by atoms with Crippen molar-refractivity contribution < 1.29 is 0 Å². The van der Waals surface area contributed by atoms with Gasteiger partial charge in [-0.2, -0.15) is 0 Å². The van der Waals surface area contributed by atoms with E-state index in [-0.39, 0.29) is 0 Å². The summed E-state index contributed by atoms with van der Waals surface area (Å²) < 4.78 is 0. The van der Waals surface area contributed by atoms with Crippen LogP contribution in [0.15, 0.2) is 0 Å². The second kappa shape index (κ2) is 4.26. The van der Waals surface area contributed by atoms with E-state index in [0.717, 1.165) is 41.4 Å². The molecule has 9 bridgehead atoms. The van der Waals surface area contributed by atoms with Crippen molar-refractivity contribution in [1.82, 2.24) is 0 Å². The summed E-state index contributed by atoms with van der Waals surface area (Å²) in [6.45, 7) is 35.8. The van der Waals surface area contributed by atoms with Gasteiger partial charge in [0, 0.05) is 0 Å². The third-order valence-electron chi connectivity index (χ3n) is 18.3. The zero-order valence-electron chi connectivity index (χ0n) is 23.0. The summed E-state index contributed by atoms with van der Waals surface area (Å²) in [5.41, 5.74) is 4.46. The van der Waals surface area contributed by atoms with E-state index in [2.05, 4.69) is 90.0 Å². The van der Waals surface area contributed by atoms with Crippen LogP contribution in [-0.4, -0.2) is 0 Å². The lowest BCUT2D eigenvalue weighted by Crippen LogP contribution is -2.96. The molecule has 174 valence electrons. The highest BCUT2D eigenvalue weighted by Crippen LogP contribution is 3.13. The molecule has 10 fully saturated rings. The summed E-state index contributed by atoms with van der Waals surface area (Å²) in [6.07, 6.45) is 3.05. The minimum absolute atomic E-state index is 0.442. The van der Waals surface area contributed by atoms with E-state index in [4.69, 9.17) is 0 Å². The Kier molecular flexibility index (Phi) is 2.80. The molecule has 31 heavy (non-hydrogen) atoms. The fourth-order valence-electron chi connectivity index (χ4n) is 17.1. The summed E-state index contributed by atoms with van der Waals surface area (Å²) in [4.78, 5) is 0. The first-order valence-corrected chi connectivity index (χ1v) is 14.0. The maximum absolute atomic E-state index is 2.87. The Bertz CT molecular complexity index is 959. The van der Waals surface area contributed by atoms with Gasteiger partial charge in [0.2, 0.25) is 0 Å². The van der Waals surface area contributed by atoms with Crippen LogP contribution < -0.4 is 0 Å². The fourth-order valence-corrected chi connectivity index (χ4v) is 17.1. The Balaban J connectivity index is 1.66. The molecule has 0 nitrogen and oxygen atoms in total. The summed E-state index contributed by atoms with van der Waals surface area (Å²) in [5, 5.41) is 0. The van der Waals surface area contributed by atoms with Gasteiger partial charge < -0.3 is 0 Å². The van der Waals surface area contributed by atoms with Gasteiger partial charge in [-0.3, -0.25) is 0 Å². The second-order valence-electron chi connectivity index (χ2n) is 16.6. The Labute approximate surface area is 193 Å². The summed E-state index contributed by atoms with van der Waals surface area (Å²) in [7, 11) is 0. The summed E-state index contributed by atoms with van der Waals surface area (Å²) >= 11 is 0. The van der Waals surface area contributed by atoms with E-state index in [1.807, 2.05) is 0 Å². The molecule has 10 aliphatic carbocycles. The first kappa shape index (κ1) is 20.4. The number of hydrogen-bond acceptors (Lipinski definition) is 0. The van der Waals surface area contributed by atoms with Gasteiger partial charge in [0.15, 0.2) is 0 Å². The van der Waals surface area contributed by atoms with Gasteiger partial charge in [0.25, 0.3) is 0 Å². The van der Waals surface area contributed by atoms with E-state index < -0.39 is 0 Å². The normalized spacial score (nSPS) is 77.2. The Hall–Kier alpha value is 0. The lowest BCUT2D eigenvalue weighted by molar-refractivity contribution is -0.537. The van der Waals surface area contributed by atoms with Crippen molar-refractivity contribution in [2.75, 3.05) is 0 Å². The van der Waals surface area contributed by atoms with Gasteiger partial charge in [-0.05, 0) is 103 Å². The summed E-state index contributed by atoms with van der Waals surface area (Å²) in [5.74, 6) is 6.28.